The van der Waals surface area contributed by atoms with Crippen LogP contribution in [0, 0.1) is 11.6 Å². The molecule has 0 bridgehead atoms. The summed E-state index contributed by atoms with van der Waals surface area (Å²) in [5.41, 5.74) is 5.71. The third-order valence-corrected chi connectivity index (χ3v) is 4.32. The molecular weight excluding hydrogens is 336 g/mol. The average molecular weight is 353 g/mol. The topological polar surface area (TPSA) is 84.2 Å². The Morgan fingerprint density at radius 2 is 1.92 bits per heavy atom. The molecule has 5 nitrogen and oxygen atoms in total. The van der Waals surface area contributed by atoms with Gasteiger partial charge in [0, 0.05) is 17.7 Å². The Morgan fingerprint density at radius 1 is 1.21 bits per heavy atom. The SMILES string of the molecule is C[C@H](N[C@H](C)C(=O)Nc1sccc1C(N)=O)c1ccc(F)cc1F. The van der Waals surface area contributed by atoms with Crippen LogP contribution in [0.4, 0.5) is 13.8 Å². The minimum absolute atomic E-state index is 0.234. The molecule has 0 aliphatic heterocycles. The Balaban J connectivity index is 2.03. The van der Waals surface area contributed by atoms with Crippen molar-refractivity contribution in [3.8, 4) is 0 Å². The zero-order valence-electron chi connectivity index (χ0n) is 13.1. The molecule has 24 heavy (non-hydrogen) atoms. The van der Waals surface area contributed by atoms with Crippen LogP contribution < -0.4 is 16.4 Å². The van der Waals surface area contributed by atoms with Crippen molar-refractivity contribution in [2.45, 2.75) is 25.9 Å². The maximum absolute atomic E-state index is 13.8. The highest BCUT2D eigenvalue weighted by atomic mass is 32.1. The fraction of sp³-hybridized carbons (Fsp3) is 0.250. The number of benzene rings is 1. The summed E-state index contributed by atoms with van der Waals surface area (Å²) in [7, 11) is 0. The van der Waals surface area contributed by atoms with Crippen LogP contribution in [0.2, 0.25) is 0 Å². The number of anilines is 1. The van der Waals surface area contributed by atoms with Gasteiger partial charge < -0.3 is 11.1 Å². The summed E-state index contributed by atoms with van der Waals surface area (Å²) in [6, 6.07) is 3.63. The molecule has 0 fully saturated rings. The zero-order valence-corrected chi connectivity index (χ0v) is 13.9. The van der Waals surface area contributed by atoms with Gasteiger partial charge in [-0.15, -0.1) is 11.3 Å². The Kier molecular flexibility index (Phi) is 5.63. The van der Waals surface area contributed by atoms with Gasteiger partial charge in [0.05, 0.1) is 11.6 Å². The fourth-order valence-electron chi connectivity index (χ4n) is 2.21. The maximum Gasteiger partial charge on any atom is 0.251 e. The van der Waals surface area contributed by atoms with Gasteiger partial charge in [0.25, 0.3) is 5.91 Å². The lowest BCUT2D eigenvalue weighted by Gasteiger charge is -2.20. The number of hydrogen-bond donors (Lipinski definition) is 3. The number of hydrogen-bond acceptors (Lipinski definition) is 4. The number of nitrogens with one attached hydrogen (secondary N) is 2. The van der Waals surface area contributed by atoms with Gasteiger partial charge in [0.2, 0.25) is 5.91 Å². The summed E-state index contributed by atoms with van der Waals surface area (Å²) in [5, 5.41) is 7.55. The zero-order chi connectivity index (χ0) is 17.9. The van der Waals surface area contributed by atoms with Crippen molar-refractivity contribution < 1.29 is 18.4 Å². The van der Waals surface area contributed by atoms with Gasteiger partial charge in [-0.25, -0.2) is 8.78 Å². The Morgan fingerprint density at radius 3 is 2.54 bits per heavy atom. The molecule has 0 saturated heterocycles. The van der Waals surface area contributed by atoms with E-state index in [1.807, 2.05) is 0 Å². The van der Waals surface area contributed by atoms with Crippen LogP contribution in [-0.2, 0) is 4.79 Å². The first kappa shape index (κ1) is 18.0. The van der Waals surface area contributed by atoms with Gasteiger partial charge in [0.1, 0.15) is 16.6 Å². The molecule has 0 spiro atoms. The largest absolute Gasteiger partial charge is 0.366 e. The summed E-state index contributed by atoms with van der Waals surface area (Å²) < 4.78 is 26.7. The number of carbonyl (C=O) groups excluding carboxylic acids is 2. The van der Waals surface area contributed by atoms with E-state index < -0.39 is 35.5 Å². The highest BCUT2D eigenvalue weighted by Crippen LogP contribution is 2.23. The van der Waals surface area contributed by atoms with Crippen LogP contribution in [0.15, 0.2) is 29.6 Å². The van der Waals surface area contributed by atoms with E-state index in [1.54, 1.807) is 19.2 Å². The second-order valence-electron chi connectivity index (χ2n) is 5.29. The number of amides is 2. The minimum Gasteiger partial charge on any atom is -0.366 e. The van der Waals surface area contributed by atoms with Gasteiger partial charge in [-0.1, -0.05) is 6.07 Å². The van der Waals surface area contributed by atoms with Crippen LogP contribution >= 0.6 is 11.3 Å². The molecule has 1 aromatic carbocycles. The number of rotatable bonds is 6. The van der Waals surface area contributed by atoms with E-state index in [9.17, 15) is 18.4 Å². The van der Waals surface area contributed by atoms with Crippen molar-refractivity contribution in [1.82, 2.24) is 5.32 Å². The van der Waals surface area contributed by atoms with E-state index in [2.05, 4.69) is 10.6 Å². The van der Waals surface area contributed by atoms with Gasteiger partial charge in [-0.2, -0.15) is 0 Å². The monoisotopic (exact) mass is 353 g/mol. The predicted molar refractivity (Wildman–Crippen MR) is 88.8 cm³/mol. The lowest BCUT2D eigenvalue weighted by molar-refractivity contribution is -0.117. The van der Waals surface area contributed by atoms with Crippen LogP contribution in [0.1, 0.15) is 35.8 Å². The van der Waals surface area contributed by atoms with Crippen molar-refractivity contribution in [3.63, 3.8) is 0 Å². The summed E-state index contributed by atoms with van der Waals surface area (Å²) >= 11 is 1.18. The van der Waals surface area contributed by atoms with E-state index in [0.29, 0.717) is 5.00 Å². The number of carbonyl (C=O) groups is 2. The molecule has 1 aromatic heterocycles. The van der Waals surface area contributed by atoms with Gasteiger partial charge >= 0.3 is 0 Å². The molecule has 2 atom stereocenters. The lowest BCUT2D eigenvalue weighted by atomic mass is 10.1. The molecule has 8 heteroatoms. The molecule has 0 saturated carbocycles. The molecule has 128 valence electrons. The van der Waals surface area contributed by atoms with Crippen LogP contribution in [0.3, 0.4) is 0 Å². The highest BCUT2D eigenvalue weighted by molar-refractivity contribution is 7.14. The standard InChI is InChI=1S/C16H17F2N3O2S/c1-8(11-4-3-10(17)7-13(11)18)20-9(2)15(23)21-16-12(14(19)22)5-6-24-16/h3-9,20H,1-2H3,(H2,19,22)(H,21,23)/t8-,9+/m0/s1. The number of halogens is 2. The van der Waals surface area contributed by atoms with Gasteiger partial charge in [0.15, 0.2) is 0 Å². The quantitative estimate of drug-likeness (QED) is 0.747. The highest BCUT2D eigenvalue weighted by Gasteiger charge is 2.20. The molecule has 0 radical (unpaired) electrons. The first-order valence-corrected chi connectivity index (χ1v) is 8.06. The molecule has 1 heterocycles. The Hall–Kier alpha value is -2.32. The summed E-state index contributed by atoms with van der Waals surface area (Å²) in [6.45, 7) is 3.27. The second kappa shape index (κ2) is 7.50. The fourth-order valence-corrected chi connectivity index (χ4v) is 3.01. The molecule has 2 rings (SSSR count). The van der Waals surface area contributed by atoms with Crippen LogP contribution in [0.25, 0.3) is 0 Å². The maximum atomic E-state index is 13.8. The predicted octanol–water partition coefficient (Wildman–Crippen LogP) is 2.80. The molecule has 2 amide bonds. The van der Waals surface area contributed by atoms with E-state index in [1.165, 1.54) is 23.5 Å². The number of nitrogens with two attached hydrogens (primary N) is 1. The summed E-state index contributed by atoms with van der Waals surface area (Å²) in [5.74, 6) is -2.37. The minimum atomic E-state index is -0.683. The van der Waals surface area contributed by atoms with Crippen LogP contribution in [-0.4, -0.2) is 17.9 Å². The molecule has 0 aliphatic carbocycles. The van der Waals surface area contributed by atoms with E-state index >= 15 is 0 Å². The third-order valence-electron chi connectivity index (χ3n) is 3.49. The van der Waals surface area contributed by atoms with Crippen molar-refractivity contribution in [2.75, 3.05) is 5.32 Å². The van der Waals surface area contributed by atoms with Gasteiger partial charge in [-0.3, -0.25) is 14.9 Å². The normalized spacial score (nSPS) is 13.3. The summed E-state index contributed by atoms with van der Waals surface area (Å²) in [4.78, 5) is 23.5. The van der Waals surface area contributed by atoms with E-state index in [0.717, 1.165) is 12.1 Å². The molecule has 4 N–H and O–H groups in total. The van der Waals surface area contributed by atoms with Crippen molar-refractivity contribution in [1.29, 1.82) is 0 Å². The smallest absolute Gasteiger partial charge is 0.251 e. The first-order valence-electron chi connectivity index (χ1n) is 7.18. The molecule has 2 aromatic rings. The number of thiophene rings is 1. The second-order valence-corrected chi connectivity index (χ2v) is 6.21. The first-order chi connectivity index (χ1) is 11.3. The van der Waals surface area contributed by atoms with Crippen molar-refractivity contribution in [3.05, 3.63) is 52.4 Å². The van der Waals surface area contributed by atoms with Gasteiger partial charge in [-0.05, 0) is 31.4 Å². The Labute approximate surface area is 141 Å². The van der Waals surface area contributed by atoms with Crippen molar-refractivity contribution in [2.24, 2.45) is 5.73 Å². The molecular formula is C16H17F2N3O2S. The third kappa shape index (κ3) is 4.15. The van der Waals surface area contributed by atoms with E-state index in [-0.39, 0.29) is 11.1 Å². The van der Waals surface area contributed by atoms with Crippen molar-refractivity contribution >= 4 is 28.2 Å². The Bertz CT molecular complexity index is 764. The number of primary amides is 1. The molecule has 0 aliphatic rings. The molecule has 0 unspecified atom stereocenters. The van der Waals surface area contributed by atoms with E-state index in [4.69, 9.17) is 5.73 Å². The lowest BCUT2D eigenvalue weighted by Crippen LogP contribution is -2.39. The summed E-state index contributed by atoms with van der Waals surface area (Å²) in [6.07, 6.45) is 0. The average Bonchev–Trinajstić information content (AvgIpc) is 2.95. The van der Waals surface area contributed by atoms with Crippen LogP contribution in [0.5, 0.6) is 0 Å².